The number of ether oxygens (including phenoxy) is 1. The molecule has 24 heavy (non-hydrogen) atoms. The Morgan fingerprint density at radius 3 is 2.50 bits per heavy atom. The molecule has 1 aliphatic heterocycles. The lowest BCUT2D eigenvalue weighted by Gasteiger charge is -2.16. The van der Waals surface area contributed by atoms with Gasteiger partial charge in [0.15, 0.2) is 4.32 Å². The number of thiocarbonyl (C=S) groups is 1. The third-order valence-corrected chi connectivity index (χ3v) is 5.20. The third-order valence-electron chi connectivity index (χ3n) is 3.36. The van der Waals surface area contributed by atoms with Gasteiger partial charge in [-0.05, 0) is 42.0 Å². The molecule has 2 aromatic rings. The summed E-state index contributed by atoms with van der Waals surface area (Å²) in [6.45, 7) is 0. The number of carbonyl (C=O) groups excluding carboxylic acids is 1. The zero-order chi connectivity index (χ0) is 17.3. The maximum absolute atomic E-state index is 12.7. The second-order valence-electron chi connectivity index (χ2n) is 4.89. The molecule has 0 unspecified atom stereocenters. The SMILES string of the molecule is COc1ccc(/C=C2\SC(=S)N(c3ccc(Cl)cc3Cl)C2=O)cc1. The molecule has 0 radical (unpaired) electrons. The van der Waals surface area contributed by atoms with Crippen molar-refractivity contribution in [2.75, 3.05) is 12.0 Å². The van der Waals surface area contributed by atoms with Crippen molar-refractivity contribution in [2.24, 2.45) is 0 Å². The molecule has 0 spiro atoms. The summed E-state index contributed by atoms with van der Waals surface area (Å²) in [5.41, 5.74) is 1.42. The molecule has 0 N–H and O–H groups in total. The van der Waals surface area contributed by atoms with Crippen molar-refractivity contribution in [2.45, 2.75) is 0 Å². The molecule has 7 heteroatoms. The van der Waals surface area contributed by atoms with Gasteiger partial charge in [-0.3, -0.25) is 9.69 Å². The highest BCUT2D eigenvalue weighted by atomic mass is 35.5. The summed E-state index contributed by atoms with van der Waals surface area (Å²) in [7, 11) is 1.61. The molecule has 0 aromatic heterocycles. The number of methoxy groups -OCH3 is 1. The van der Waals surface area contributed by atoms with Crippen LogP contribution in [0.25, 0.3) is 6.08 Å². The summed E-state index contributed by atoms with van der Waals surface area (Å²) in [6.07, 6.45) is 1.79. The van der Waals surface area contributed by atoms with Crippen molar-refractivity contribution >= 4 is 69.2 Å². The first-order valence-electron chi connectivity index (χ1n) is 6.86. The minimum Gasteiger partial charge on any atom is -0.497 e. The van der Waals surface area contributed by atoms with E-state index >= 15 is 0 Å². The Kier molecular flexibility index (Phi) is 5.15. The van der Waals surface area contributed by atoms with Crippen LogP contribution < -0.4 is 9.64 Å². The fraction of sp³-hybridized carbons (Fsp3) is 0.0588. The molecular weight excluding hydrogens is 385 g/mol. The van der Waals surface area contributed by atoms with Crippen LogP contribution in [0, 0.1) is 0 Å². The van der Waals surface area contributed by atoms with E-state index in [0.29, 0.717) is 25.0 Å². The van der Waals surface area contributed by atoms with E-state index < -0.39 is 0 Å². The average molecular weight is 396 g/mol. The van der Waals surface area contributed by atoms with Crippen LogP contribution in [0.3, 0.4) is 0 Å². The molecular formula is C17H11Cl2NO2S2. The van der Waals surface area contributed by atoms with Gasteiger partial charge in [0.1, 0.15) is 5.75 Å². The Morgan fingerprint density at radius 2 is 1.88 bits per heavy atom. The highest BCUT2D eigenvalue weighted by Crippen LogP contribution is 2.39. The van der Waals surface area contributed by atoms with Gasteiger partial charge >= 0.3 is 0 Å². The minimum atomic E-state index is -0.204. The van der Waals surface area contributed by atoms with E-state index in [-0.39, 0.29) is 5.91 Å². The van der Waals surface area contributed by atoms with Crippen LogP contribution in [-0.4, -0.2) is 17.3 Å². The predicted molar refractivity (Wildman–Crippen MR) is 105 cm³/mol. The van der Waals surface area contributed by atoms with Crippen LogP contribution in [0.2, 0.25) is 10.0 Å². The number of hydrogen-bond acceptors (Lipinski definition) is 4. The summed E-state index contributed by atoms with van der Waals surface area (Å²) in [4.78, 5) is 14.7. The number of benzene rings is 2. The molecule has 1 aliphatic rings. The monoisotopic (exact) mass is 395 g/mol. The van der Waals surface area contributed by atoms with Crippen molar-refractivity contribution in [3.63, 3.8) is 0 Å². The van der Waals surface area contributed by atoms with Gasteiger partial charge in [0.25, 0.3) is 5.91 Å². The van der Waals surface area contributed by atoms with E-state index in [0.717, 1.165) is 11.3 Å². The summed E-state index contributed by atoms with van der Waals surface area (Å²) >= 11 is 18.7. The lowest BCUT2D eigenvalue weighted by Crippen LogP contribution is -2.27. The first-order valence-corrected chi connectivity index (χ1v) is 8.85. The van der Waals surface area contributed by atoms with Gasteiger partial charge in [-0.25, -0.2) is 0 Å². The van der Waals surface area contributed by atoms with E-state index in [1.165, 1.54) is 16.7 Å². The maximum Gasteiger partial charge on any atom is 0.270 e. The van der Waals surface area contributed by atoms with Crippen LogP contribution >= 0.6 is 47.2 Å². The molecule has 3 nitrogen and oxygen atoms in total. The Morgan fingerprint density at radius 1 is 1.17 bits per heavy atom. The van der Waals surface area contributed by atoms with Crippen LogP contribution in [0.1, 0.15) is 5.56 Å². The molecule has 3 rings (SSSR count). The zero-order valence-corrected chi connectivity index (χ0v) is 15.6. The molecule has 0 saturated carbocycles. The van der Waals surface area contributed by atoms with Crippen molar-refractivity contribution < 1.29 is 9.53 Å². The third kappa shape index (κ3) is 3.44. The topological polar surface area (TPSA) is 29.5 Å². The van der Waals surface area contributed by atoms with Gasteiger partial charge in [0, 0.05) is 5.02 Å². The van der Waals surface area contributed by atoms with Gasteiger partial charge in [0.2, 0.25) is 0 Å². The largest absolute Gasteiger partial charge is 0.497 e. The number of halogens is 2. The van der Waals surface area contributed by atoms with E-state index in [1.54, 1.807) is 31.4 Å². The highest BCUT2D eigenvalue weighted by molar-refractivity contribution is 8.27. The van der Waals surface area contributed by atoms with Crippen molar-refractivity contribution in [3.8, 4) is 5.75 Å². The Hall–Kier alpha value is -1.53. The normalized spacial score (nSPS) is 16.1. The lowest BCUT2D eigenvalue weighted by molar-refractivity contribution is -0.113. The van der Waals surface area contributed by atoms with E-state index in [9.17, 15) is 4.79 Å². The van der Waals surface area contributed by atoms with Crippen LogP contribution in [0.5, 0.6) is 5.75 Å². The average Bonchev–Trinajstić information content (AvgIpc) is 2.83. The molecule has 0 aliphatic carbocycles. The lowest BCUT2D eigenvalue weighted by atomic mass is 10.2. The van der Waals surface area contributed by atoms with Gasteiger partial charge in [-0.2, -0.15) is 0 Å². The van der Waals surface area contributed by atoms with Gasteiger partial charge in [-0.15, -0.1) is 0 Å². The van der Waals surface area contributed by atoms with Gasteiger partial charge < -0.3 is 4.74 Å². The number of rotatable bonds is 3. The Balaban J connectivity index is 1.92. The van der Waals surface area contributed by atoms with Crippen molar-refractivity contribution in [1.29, 1.82) is 0 Å². The fourth-order valence-corrected chi connectivity index (χ4v) is 3.97. The first kappa shape index (κ1) is 17.3. The number of amides is 1. The van der Waals surface area contributed by atoms with E-state index in [4.69, 9.17) is 40.2 Å². The highest BCUT2D eigenvalue weighted by Gasteiger charge is 2.34. The molecule has 122 valence electrons. The molecule has 0 atom stereocenters. The number of hydrogen-bond donors (Lipinski definition) is 0. The molecule has 0 bridgehead atoms. The van der Waals surface area contributed by atoms with Crippen LogP contribution in [0.15, 0.2) is 47.4 Å². The zero-order valence-electron chi connectivity index (χ0n) is 12.5. The van der Waals surface area contributed by atoms with Gasteiger partial charge in [0.05, 0.1) is 22.7 Å². The Bertz CT molecular complexity index is 850. The number of anilines is 1. The summed E-state index contributed by atoms with van der Waals surface area (Å²) in [5, 5.41) is 0.882. The first-order chi connectivity index (χ1) is 11.5. The Labute approximate surface area is 159 Å². The van der Waals surface area contributed by atoms with E-state index in [2.05, 4.69) is 0 Å². The smallest absolute Gasteiger partial charge is 0.270 e. The number of nitrogens with zero attached hydrogens (tertiary/aromatic N) is 1. The van der Waals surface area contributed by atoms with Crippen LogP contribution in [0.4, 0.5) is 5.69 Å². The summed E-state index contributed by atoms with van der Waals surface area (Å²) < 4.78 is 5.56. The van der Waals surface area contributed by atoms with Crippen LogP contribution in [-0.2, 0) is 4.79 Å². The predicted octanol–water partition coefficient (Wildman–Crippen LogP) is 5.41. The summed E-state index contributed by atoms with van der Waals surface area (Å²) in [5.74, 6) is 0.553. The van der Waals surface area contributed by atoms with E-state index in [1.807, 2.05) is 24.3 Å². The maximum atomic E-state index is 12.7. The second-order valence-corrected chi connectivity index (χ2v) is 7.41. The fourth-order valence-electron chi connectivity index (χ4n) is 2.19. The van der Waals surface area contributed by atoms with Crippen molar-refractivity contribution in [3.05, 3.63) is 63.0 Å². The standard InChI is InChI=1S/C17H11Cl2NO2S2/c1-22-12-5-2-10(3-6-12)8-15-16(21)20(17(23)24-15)14-7-4-11(18)9-13(14)19/h2-9H,1H3/b15-8-. The molecule has 1 fully saturated rings. The quantitative estimate of drug-likeness (QED) is 0.513. The second kappa shape index (κ2) is 7.15. The molecule has 1 amide bonds. The van der Waals surface area contributed by atoms with Crippen molar-refractivity contribution in [1.82, 2.24) is 0 Å². The minimum absolute atomic E-state index is 0.204. The molecule has 1 heterocycles. The molecule has 1 saturated heterocycles. The number of carbonyl (C=O) groups is 1. The molecule has 2 aromatic carbocycles. The summed E-state index contributed by atoms with van der Waals surface area (Å²) in [6, 6.07) is 12.4. The van der Waals surface area contributed by atoms with Gasteiger partial charge in [-0.1, -0.05) is 59.3 Å². The number of thioether (sulfide) groups is 1.